The van der Waals surface area contributed by atoms with Gasteiger partial charge in [0.15, 0.2) is 0 Å². The van der Waals surface area contributed by atoms with Crippen LogP contribution in [0.1, 0.15) is 38.8 Å². The summed E-state index contributed by atoms with van der Waals surface area (Å²) in [6.07, 6.45) is 0. The molecule has 0 aliphatic heterocycles. The number of carbonyl (C=O) groups is 1. The van der Waals surface area contributed by atoms with Gasteiger partial charge in [-0.25, -0.2) is 0 Å². The van der Waals surface area contributed by atoms with E-state index in [0.29, 0.717) is 12.4 Å². The molecule has 0 saturated carbocycles. The summed E-state index contributed by atoms with van der Waals surface area (Å²) >= 11 is 1.53. The average Bonchev–Trinajstić information content (AvgIpc) is 2.34. The van der Waals surface area contributed by atoms with Crippen molar-refractivity contribution in [1.29, 1.82) is 0 Å². The number of ether oxygens (including phenoxy) is 1. The van der Waals surface area contributed by atoms with Crippen molar-refractivity contribution in [3.05, 3.63) is 29.3 Å². The third-order valence-electron chi connectivity index (χ3n) is 2.71. The van der Waals surface area contributed by atoms with Crippen molar-refractivity contribution in [2.75, 3.05) is 12.4 Å². The first-order valence-corrected chi connectivity index (χ1v) is 7.93. The van der Waals surface area contributed by atoms with Crippen LogP contribution in [0.25, 0.3) is 0 Å². The largest absolute Gasteiger partial charge is 0.465 e. The molecule has 20 heavy (non-hydrogen) atoms. The van der Waals surface area contributed by atoms with Gasteiger partial charge in [0.2, 0.25) is 0 Å². The molecule has 0 bridgehead atoms. The average molecular weight is 295 g/mol. The Morgan fingerprint density at radius 3 is 2.60 bits per heavy atom. The predicted molar refractivity (Wildman–Crippen MR) is 85.1 cm³/mol. The lowest BCUT2D eigenvalue weighted by Gasteiger charge is -2.21. The highest BCUT2D eigenvalue weighted by Gasteiger charge is 2.10. The Bertz CT molecular complexity index is 452. The van der Waals surface area contributed by atoms with Gasteiger partial charge in [-0.1, -0.05) is 12.1 Å². The van der Waals surface area contributed by atoms with Crippen LogP contribution < -0.4 is 5.32 Å². The minimum Gasteiger partial charge on any atom is -0.465 e. The highest BCUT2D eigenvalue weighted by molar-refractivity contribution is 8.00. The summed E-state index contributed by atoms with van der Waals surface area (Å²) in [6, 6.07) is 6.37. The zero-order chi connectivity index (χ0) is 15.2. The Hall–Kier alpha value is -1.00. The minimum absolute atomic E-state index is 0.116. The van der Waals surface area contributed by atoms with E-state index in [4.69, 9.17) is 4.74 Å². The standard InChI is InChI=1S/C16H25NO2S/c1-6-19-15(18)11-20-14-8-7-13(9-12(14)2)10-17-16(3,4)5/h7-9,17H,6,10-11H2,1-5H3. The van der Waals surface area contributed by atoms with E-state index < -0.39 is 0 Å². The monoisotopic (exact) mass is 295 g/mol. The number of aryl methyl sites for hydroxylation is 1. The van der Waals surface area contributed by atoms with Crippen molar-refractivity contribution in [1.82, 2.24) is 5.32 Å². The molecule has 0 saturated heterocycles. The number of carbonyl (C=O) groups excluding carboxylic acids is 1. The second kappa shape index (κ2) is 7.70. The summed E-state index contributed by atoms with van der Waals surface area (Å²) in [5.74, 6) is 0.212. The quantitative estimate of drug-likeness (QED) is 0.643. The molecule has 0 amide bonds. The molecule has 1 rings (SSSR count). The van der Waals surface area contributed by atoms with Crippen LogP contribution in [0.2, 0.25) is 0 Å². The van der Waals surface area contributed by atoms with Crippen molar-refractivity contribution in [2.45, 2.75) is 51.6 Å². The summed E-state index contributed by atoms with van der Waals surface area (Å²) < 4.78 is 4.93. The van der Waals surface area contributed by atoms with Gasteiger partial charge in [0.1, 0.15) is 0 Å². The van der Waals surface area contributed by atoms with E-state index in [1.807, 2.05) is 6.92 Å². The van der Waals surface area contributed by atoms with Gasteiger partial charge in [-0.2, -0.15) is 0 Å². The zero-order valence-corrected chi connectivity index (χ0v) is 13.9. The van der Waals surface area contributed by atoms with Crippen LogP contribution >= 0.6 is 11.8 Å². The van der Waals surface area contributed by atoms with E-state index in [2.05, 4.69) is 51.2 Å². The van der Waals surface area contributed by atoms with Crippen LogP contribution in [-0.2, 0) is 16.1 Å². The van der Waals surface area contributed by atoms with Gasteiger partial charge in [0, 0.05) is 17.0 Å². The fourth-order valence-corrected chi connectivity index (χ4v) is 2.50. The van der Waals surface area contributed by atoms with Crippen molar-refractivity contribution < 1.29 is 9.53 Å². The van der Waals surface area contributed by atoms with Gasteiger partial charge in [-0.05, 0) is 51.8 Å². The number of hydrogen-bond donors (Lipinski definition) is 1. The molecular formula is C16H25NO2S. The Morgan fingerprint density at radius 1 is 1.35 bits per heavy atom. The van der Waals surface area contributed by atoms with Crippen LogP contribution in [0, 0.1) is 6.92 Å². The van der Waals surface area contributed by atoms with Crippen molar-refractivity contribution in [3.8, 4) is 0 Å². The number of thioether (sulfide) groups is 1. The van der Waals surface area contributed by atoms with E-state index in [1.54, 1.807) is 0 Å². The summed E-state index contributed by atoms with van der Waals surface area (Å²) in [7, 11) is 0. The topological polar surface area (TPSA) is 38.3 Å². The van der Waals surface area contributed by atoms with E-state index in [9.17, 15) is 4.79 Å². The SMILES string of the molecule is CCOC(=O)CSc1ccc(CNC(C)(C)C)cc1C. The summed E-state index contributed by atoms with van der Waals surface area (Å²) in [6.45, 7) is 11.7. The first kappa shape index (κ1) is 17.1. The van der Waals surface area contributed by atoms with Crippen LogP contribution in [-0.4, -0.2) is 23.9 Å². The lowest BCUT2D eigenvalue weighted by atomic mass is 10.1. The van der Waals surface area contributed by atoms with E-state index in [1.165, 1.54) is 22.9 Å². The normalized spacial score (nSPS) is 11.4. The number of nitrogens with one attached hydrogen (secondary N) is 1. The molecule has 0 aliphatic carbocycles. The predicted octanol–water partition coefficient (Wildman–Crippen LogP) is 3.54. The maximum atomic E-state index is 11.4. The fraction of sp³-hybridized carbons (Fsp3) is 0.562. The van der Waals surface area contributed by atoms with Gasteiger partial charge in [-0.3, -0.25) is 4.79 Å². The zero-order valence-electron chi connectivity index (χ0n) is 13.1. The van der Waals surface area contributed by atoms with E-state index in [-0.39, 0.29) is 11.5 Å². The summed E-state index contributed by atoms with van der Waals surface area (Å²) in [5, 5.41) is 3.47. The first-order valence-electron chi connectivity index (χ1n) is 6.95. The highest BCUT2D eigenvalue weighted by Crippen LogP contribution is 2.23. The molecule has 0 heterocycles. The van der Waals surface area contributed by atoms with Gasteiger partial charge < -0.3 is 10.1 Å². The fourth-order valence-electron chi connectivity index (χ4n) is 1.69. The molecule has 1 N–H and O–H groups in total. The van der Waals surface area contributed by atoms with Crippen LogP contribution in [0.3, 0.4) is 0 Å². The molecule has 0 unspecified atom stereocenters. The molecule has 0 aromatic heterocycles. The highest BCUT2D eigenvalue weighted by atomic mass is 32.2. The maximum absolute atomic E-state index is 11.4. The molecule has 1 aromatic carbocycles. The smallest absolute Gasteiger partial charge is 0.316 e. The molecule has 0 fully saturated rings. The molecular weight excluding hydrogens is 270 g/mol. The number of benzene rings is 1. The lowest BCUT2D eigenvalue weighted by Crippen LogP contribution is -2.35. The Balaban J connectivity index is 2.57. The molecule has 0 radical (unpaired) electrons. The van der Waals surface area contributed by atoms with Crippen molar-refractivity contribution in [2.24, 2.45) is 0 Å². The first-order chi connectivity index (χ1) is 9.31. The van der Waals surface area contributed by atoms with Crippen LogP contribution in [0.5, 0.6) is 0 Å². The third kappa shape index (κ3) is 6.44. The maximum Gasteiger partial charge on any atom is 0.316 e. The second-order valence-electron chi connectivity index (χ2n) is 5.80. The molecule has 0 aliphatic rings. The van der Waals surface area contributed by atoms with Crippen LogP contribution in [0.4, 0.5) is 0 Å². The lowest BCUT2D eigenvalue weighted by molar-refractivity contribution is -0.139. The van der Waals surface area contributed by atoms with E-state index >= 15 is 0 Å². The molecule has 112 valence electrons. The van der Waals surface area contributed by atoms with Crippen molar-refractivity contribution >= 4 is 17.7 Å². The minimum atomic E-state index is -0.157. The summed E-state index contributed by atoms with van der Waals surface area (Å²) in [4.78, 5) is 12.5. The molecule has 0 spiro atoms. The number of hydrogen-bond acceptors (Lipinski definition) is 4. The van der Waals surface area contributed by atoms with Gasteiger partial charge in [0.25, 0.3) is 0 Å². The molecule has 4 heteroatoms. The Kier molecular flexibility index (Phi) is 6.56. The Morgan fingerprint density at radius 2 is 2.05 bits per heavy atom. The van der Waals surface area contributed by atoms with Crippen molar-refractivity contribution in [3.63, 3.8) is 0 Å². The number of rotatable bonds is 6. The van der Waals surface area contributed by atoms with Gasteiger partial charge in [-0.15, -0.1) is 11.8 Å². The second-order valence-corrected chi connectivity index (χ2v) is 6.81. The van der Waals surface area contributed by atoms with Gasteiger partial charge >= 0.3 is 5.97 Å². The summed E-state index contributed by atoms with van der Waals surface area (Å²) in [5.41, 5.74) is 2.58. The van der Waals surface area contributed by atoms with Gasteiger partial charge in [0.05, 0.1) is 12.4 Å². The third-order valence-corrected chi connectivity index (χ3v) is 3.86. The molecule has 1 aromatic rings. The molecule has 0 atom stereocenters. The number of esters is 1. The Labute approximate surface area is 126 Å². The molecule has 3 nitrogen and oxygen atoms in total. The van der Waals surface area contributed by atoms with Crippen LogP contribution in [0.15, 0.2) is 23.1 Å². The van der Waals surface area contributed by atoms with E-state index in [0.717, 1.165) is 11.4 Å².